The number of methoxy groups -OCH3 is 2. The molecule has 2 rings (SSSR count). The van der Waals surface area contributed by atoms with Crippen LogP contribution < -0.4 is 4.74 Å². The summed E-state index contributed by atoms with van der Waals surface area (Å²) in [5.74, 6) is 0.0424. The number of rotatable bonds is 4. The standard InChI is InChI=1S/C14H16N2O5S/c1-10-13(14(17)21-3)9-16(22(18,19)15-10)8-11-4-6-12(20-2)7-5-11/h4-7,9H,8H2,1-3H3. The average molecular weight is 324 g/mol. The summed E-state index contributed by atoms with van der Waals surface area (Å²) in [5, 5.41) is 0. The highest BCUT2D eigenvalue weighted by Gasteiger charge is 2.28. The van der Waals surface area contributed by atoms with Crippen LogP contribution in [0, 0.1) is 0 Å². The van der Waals surface area contributed by atoms with Gasteiger partial charge in [0.05, 0.1) is 32.0 Å². The van der Waals surface area contributed by atoms with Crippen LogP contribution in [0.25, 0.3) is 0 Å². The van der Waals surface area contributed by atoms with E-state index in [1.165, 1.54) is 20.2 Å². The monoisotopic (exact) mass is 324 g/mol. The van der Waals surface area contributed by atoms with Crippen LogP contribution in [-0.4, -0.2) is 38.6 Å². The van der Waals surface area contributed by atoms with Gasteiger partial charge in [-0.3, -0.25) is 4.31 Å². The van der Waals surface area contributed by atoms with E-state index in [4.69, 9.17) is 4.74 Å². The molecule has 22 heavy (non-hydrogen) atoms. The third kappa shape index (κ3) is 3.28. The summed E-state index contributed by atoms with van der Waals surface area (Å²) >= 11 is 0. The predicted octanol–water partition coefficient (Wildman–Crippen LogP) is 1.27. The third-order valence-electron chi connectivity index (χ3n) is 3.11. The molecule has 0 spiro atoms. The fraction of sp³-hybridized carbons (Fsp3) is 0.286. The molecule has 0 bridgehead atoms. The molecular formula is C14H16N2O5S. The maximum Gasteiger partial charge on any atom is 0.344 e. The Labute approximate surface area is 129 Å². The quantitative estimate of drug-likeness (QED) is 0.779. The van der Waals surface area contributed by atoms with Gasteiger partial charge in [0, 0.05) is 6.20 Å². The second kappa shape index (κ2) is 6.18. The van der Waals surface area contributed by atoms with E-state index in [-0.39, 0.29) is 17.8 Å². The number of carbonyl (C=O) groups is 1. The van der Waals surface area contributed by atoms with Gasteiger partial charge in [-0.15, -0.1) is 4.40 Å². The first kappa shape index (κ1) is 16.0. The van der Waals surface area contributed by atoms with Crippen LogP contribution in [-0.2, 0) is 26.3 Å². The molecule has 8 heteroatoms. The van der Waals surface area contributed by atoms with E-state index in [1.54, 1.807) is 31.4 Å². The van der Waals surface area contributed by atoms with Crippen molar-refractivity contribution in [2.45, 2.75) is 13.5 Å². The first-order chi connectivity index (χ1) is 10.4. The SMILES string of the molecule is COC(=O)C1=CN(Cc2ccc(OC)cc2)S(=O)(=O)N=C1C. The van der Waals surface area contributed by atoms with Gasteiger partial charge >= 0.3 is 16.2 Å². The Morgan fingerprint density at radius 1 is 1.23 bits per heavy atom. The van der Waals surface area contributed by atoms with Gasteiger partial charge in [-0.1, -0.05) is 12.1 Å². The van der Waals surface area contributed by atoms with Crippen molar-refractivity contribution in [3.63, 3.8) is 0 Å². The zero-order chi connectivity index (χ0) is 16.3. The third-order valence-corrected chi connectivity index (χ3v) is 4.45. The van der Waals surface area contributed by atoms with Crippen LogP contribution in [0.5, 0.6) is 5.75 Å². The fourth-order valence-electron chi connectivity index (χ4n) is 1.93. The minimum absolute atomic E-state index is 0.0591. The van der Waals surface area contributed by atoms with E-state index in [0.29, 0.717) is 5.75 Å². The van der Waals surface area contributed by atoms with Crippen molar-refractivity contribution in [3.05, 3.63) is 41.6 Å². The van der Waals surface area contributed by atoms with Gasteiger partial charge in [0.1, 0.15) is 5.75 Å². The highest BCUT2D eigenvalue weighted by Crippen LogP contribution is 2.21. The molecule has 0 amide bonds. The van der Waals surface area contributed by atoms with Crippen molar-refractivity contribution in [3.8, 4) is 5.75 Å². The molecule has 1 aromatic carbocycles. The average Bonchev–Trinajstić information content (AvgIpc) is 2.49. The Bertz CT molecular complexity index is 735. The zero-order valence-corrected chi connectivity index (χ0v) is 13.3. The molecule has 0 saturated heterocycles. The summed E-state index contributed by atoms with van der Waals surface area (Å²) in [5.41, 5.74) is 0.961. The van der Waals surface area contributed by atoms with Crippen LogP contribution >= 0.6 is 0 Å². The normalized spacial score (nSPS) is 16.6. The van der Waals surface area contributed by atoms with Gasteiger partial charge in [0.2, 0.25) is 0 Å². The molecule has 1 heterocycles. The smallest absolute Gasteiger partial charge is 0.344 e. The first-order valence-electron chi connectivity index (χ1n) is 6.39. The maximum atomic E-state index is 12.1. The lowest BCUT2D eigenvalue weighted by molar-refractivity contribution is -0.135. The first-order valence-corrected chi connectivity index (χ1v) is 7.79. The van der Waals surface area contributed by atoms with E-state index in [9.17, 15) is 13.2 Å². The molecule has 0 aliphatic carbocycles. The van der Waals surface area contributed by atoms with Gasteiger partial charge in [0.15, 0.2) is 0 Å². The van der Waals surface area contributed by atoms with Gasteiger partial charge in [0.25, 0.3) is 0 Å². The molecule has 0 aromatic heterocycles. The Kier molecular flexibility index (Phi) is 4.51. The number of carbonyl (C=O) groups excluding carboxylic acids is 1. The largest absolute Gasteiger partial charge is 0.497 e. The van der Waals surface area contributed by atoms with Crippen LogP contribution in [0.1, 0.15) is 12.5 Å². The predicted molar refractivity (Wildman–Crippen MR) is 80.7 cm³/mol. The lowest BCUT2D eigenvalue weighted by atomic mass is 10.2. The van der Waals surface area contributed by atoms with Crippen LogP contribution in [0.15, 0.2) is 40.4 Å². The van der Waals surface area contributed by atoms with Crippen LogP contribution in [0.4, 0.5) is 0 Å². The summed E-state index contributed by atoms with van der Waals surface area (Å²) in [6.07, 6.45) is 1.24. The summed E-state index contributed by atoms with van der Waals surface area (Å²) < 4.78 is 38.5. The number of hydrogen-bond acceptors (Lipinski definition) is 5. The topological polar surface area (TPSA) is 85.3 Å². The van der Waals surface area contributed by atoms with E-state index in [0.717, 1.165) is 9.87 Å². The van der Waals surface area contributed by atoms with E-state index in [1.807, 2.05) is 0 Å². The summed E-state index contributed by atoms with van der Waals surface area (Å²) in [6.45, 7) is 1.51. The molecule has 0 saturated carbocycles. The molecule has 0 unspecified atom stereocenters. The lowest BCUT2D eigenvalue weighted by Gasteiger charge is -2.23. The van der Waals surface area contributed by atoms with Crippen molar-refractivity contribution in [1.82, 2.24) is 4.31 Å². The number of hydrogen-bond donors (Lipinski definition) is 0. The Morgan fingerprint density at radius 2 is 1.86 bits per heavy atom. The lowest BCUT2D eigenvalue weighted by Crippen LogP contribution is -2.31. The molecule has 0 fully saturated rings. The highest BCUT2D eigenvalue weighted by molar-refractivity contribution is 7.88. The van der Waals surface area contributed by atoms with Crippen molar-refractivity contribution in [2.24, 2.45) is 4.40 Å². The van der Waals surface area contributed by atoms with Gasteiger partial charge < -0.3 is 9.47 Å². The second-order valence-corrected chi connectivity index (χ2v) is 6.13. The Morgan fingerprint density at radius 3 is 2.41 bits per heavy atom. The van der Waals surface area contributed by atoms with E-state index >= 15 is 0 Å². The van der Waals surface area contributed by atoms with Crippen molar-refractivity contribution in [2.75, 3.05) is 14.2 Å². The summed E-state index contributed by atoms with van der Waals surface area (Å²) in [4.78, 5) is 11.7. The number of ether oxygens (including phenoxy) is 2. The van der Waals surface area contributed by atoms with Crippen molar-refractivity contribution in [1.29, 1.82) is 0 Å². The van der Waals surface area contributed by atoms with Crippen molar-refractivity contribution < 1.29 is 22.7 Å². The number of benzene rings is 1. The second-order valence-electron chi connectivity index (χ2n) is 4.58. The molecule has 1 aliphatic rings. The molecule has 0 atom stereocenters. The van der Waals surface area contributed by atoms with E-state index < -0.39 is 16.2 Å². The van der Waals surface area contributed by atoms with E-state index in [2.05, 4.69) is 9.13 Å². The van der Waals surface area contributed by atoms with Crippen molar-refractivity contribution >= 4 is 21.9 Å². The molecule has 7 nitrogen and oxygen atoms in total. The summed E-state index contributed by atoms with van der Waals surface area (Å²) in [7, 11) is -1.08. The Balaban J connectivity index is 2.31. The van der Waals surface area contributed by atoms with Crippen LogP contribution in [0.2, 0.25) is 0 Å². The highest BCUT2D eigenvalue weighted by atomic mass is 32.2. The zero-order valence-electron chi connectivity index (χ0n) is 12.4. The molecule has 1 aromatic rings. The Hall–Kier alpha value is -2.35. The van der Waals surface area contributed by atoms with Gasteiger partial charge in [-0.2, -0.15) is 8.42 Å². The molecule has 1 aliphatic heterocycles. The number of nitrogens with zero attached hydrogens (tertiary/aromatic N) is 2. The molecular weight excluding hydrogens is 308 g/mol. The van der Waals surface area contributed by atoms with Gasteiger partial charge in [-0.05, 0) is 24.6 Å². The molecule has 118 valence electrons. The maximum absolute atomic E-state index is 12.1. The number of esters is 1. The molecule has 0 N–H and O–H groups in total. The summed E-state index contributed by atoms with van der Waals surface area (Å²) in [6, 6.07) is 6.94. The van der Waals surface area contributed by atoms with Gasteiger partial charge in [-0.25, -0.2) is 4.79 Å². The molecule has 0 radical (unpaired) electrons. The van der Waals surface area contributed by atoms with Crippen LogP contribution in [0.3, 0.4) is 0 Å². The minimum atomic E-state index is -3.86. The fourth-order valence-corrected chi connectivity index (χ4v) is 3.03. The minimum Gasteiger partial charge on any atom is -0.497 e.